The Hall–Kier alpha value is -1.60. The van der Waals surface area contributed by atoms with E-state index in [-0.39, 0.29) is 12.2 Å². The van der Waals surface area contributed by atoms with Gasteiger partial charge in [0.1, 0.15) is 0 Å². The fourth-order valence-corrected chi connectivity index (χ4v) is 5.01. The SMILES string of the molecule is CCC(c1cccc(C)c1)C(CC(C)C)OC(CC(C)C)C(CC)c1cccc(C)c1. The summed E-state index contributed by atoms with van der Waals surface area (Å²) in [5, 5.41) is 0. The lowest BCUT2D eigenvalue weighted by molar-refractivity contribution is -0.0580. The van der Waals surface area contributed by atoms with Gasteiger partial charge in [-0.3, -0.25) is 0 Å². The second-order valence-corrected chi connectivity index (χ2v) is 10.3. The van der Waals surface area contributed by atoms with Gasteiger partial charge in [-0.15, -0.1) is 0 Å². The van der Waals surface area contributed by atoms with Crippen LogP contribution in [0, 0.1) is 25.7 Å². The van der Waals surface area contributed by atoms with Crippen LogP contribution in [0.15, 0.2) is 48.5 Å². The average Bonchev–Trinajstić information content (AvgIpc) is 2.68. The third-order valence-corrected chi connectivity index (χ3v) is 6.47. The van der Waals surface area contributed by atoms with Crippen LogP contribution in [-0.4, -0.2) is 12.2 Å². The third kappa shape index (κ3) is 7.79. The van der Waals surface area contributed by atoms with Crippen molar-refractivity contribution in [3.63, 3.8) is 0 Å². The minimum atomic E-state index is 0.245. The van der Waals surface area contributed by atoms with Crippen molar-refractivity contribution in [3.05, 3.63) is 70.8 Å². The highest BCUT2D eigenvalue weighted by Crippen LogP contribution is 2.36. The van der Waals surface area contributed by atoms with Crippen molar-refractivity contribution in [2.45, 2.75) is 105 Å². The Balaban J connectivity index is 2.40. The van der Waals surface area contributed by atoms with E-state index in [0.717, 1.165) is 25.7 Å². The minimum Gasteiger partial charge on any atom is -0.374 e. The molecule has 0 radical (unpaired) electrons. The van der Waals surface area contributed by atoms with Crippen molar-refractivity contribution in [2.75, 3.05) is 0 Å². The summed E-state index contributed by atoms with van der Waals surface area (Å²) in [6, 6.07) is 18.1. The van der Waals surface area contributed by atoms with Gasteiger partial charge in [-0.2, -0.15) is 0 Å². The maximum Gasteiger partial charge on any atom is 0.0650 e. The van der Waals surface area contributed by atoms with E-state index in [1.54, 1.807) is 0 Å². The van der Waals surface area contributed by atoms with Crippen LogP contribution in [-0.2, 0) is 4.74 Å². The van der Waals surface area contributed by atoms with E-state index in [1.807, 2.05) is 0 Å². The van der Waals surface area contributed by atoms with Crippen LogP contribution in [0.25, 0.3) is 0 Å². The first-order valence-electron chi connectivity index (χ1n) is 12.5. The number of hydrogen-bond donors (Lipinski definition) is 0. The maximum atomic E-state index is 7.17. The predicted molar refractivity (Wildman–Crippen MR) is 136 cm³/mol. The molecule has 31 heavy (non-hydrogen) atoms. The van der Waals surface area contributed by atoms with Crippen LogP contribution < -0.4 is 0 Å². The van der Waals surface area contributed by atoms with Gasteiger partial charge in [0, 0.05) is 11.8 Å². The Morgan fingerprint density at radius 2 is 1.03 bits per heavy atom. The zero-order chi connectivity index (χ0) is 23.0. The molecule has 2 aromatic carbocycles. The summed E-state index contributed by atoms with van der Waals surface area (Å²) >= 11 is 0. The molecule has 0 spiro atoms. The highest BCUT2D eigenvalue weighted by atomic mass is 16.5. The molecule has 4 unspecified atom stereocenters. The van der Waals surface area contributed by atoms with Gasteiger partial charge in [0.15, 0.2) is 0 Å². The highest BCUT2D eigenvalue weighted by Gasteiger charge is 2.31. The third-order valence-electron chi connectivity index (χ3n) is 6.47. The lowest BCUT2D eigenvalue weighted by Gasteiger charge is -2.36. The summed E-state index contributed by atoms with van der Waals surface area (Å²) < 4.78 is 7.17. The molecule has 2 rings (SSSR count). The number of benzene rings is 2. The van der Waals surface area contributed by atoms with Gasteiger partial charge in [0.05, 0.1) is 12.2 Å². The molecule has 2 aromatic rings. The predicted octanol–water partition coefficient (Wildman–Crippen LogP) is 8.84. The fraction of sp³-hybridized carbons (Fsp3) is 0.600. The molecule has 0 fully saturated rings. The normalized spacial score (nSPS) is 15.8. The molecular formula is C30H46O. The summed E-state index contributed by atoms with van der Waals surface area (Å²) in [6.07, 6.45) is 4.91. The van der Waals surface area contributed by atoms with Crippen molar-refractivity contribution in [2.24, 2.45) is 11.8 Å². The molecule has 0 amide bonds. The van der Waals surface area contributed by atoms with Crippen LogP contribution in [0.4, 0.5) is 0 Å². The number of aryl methyl sites for hydroxylation is 2. The zero-order valence-electron chi connectivity index (χ0n) is 21.3. The summed E-state index contributed by atoms with van der Waals surface area (Å²) in [4.78, 5) is 0. The molecule has 1 nitrogen and oxygen atoms in total. The molecule has 0 N–H and O–H groups in total. The summed E-state index contributed by atoms with van der Waals surface area (Å²) in [5.41, 5.74) is 5.54. The molecule has 0 heterocycles. The Labute approximate surface area is 192 Å². The summed E-state index contributed by atoms with van der Waals surface area (Å²) in [6.45, 7) is 18.3. The van der Waals surface area contributed by atoms with Gasteiger partial charge in [-0.05, 0) is 62.5 Å². The first-order chi connectivity index (χ1) is 14.7. The van der Waals surface area contributed by atoms with Crippen molar-refractivity contribution in [3.8, 4) is 0 Å². The van der Waals surface area contributed by atoms with E-state index in [1.165, 1.54) is 22.3 Å². The van der Waals surface area contributed by atoms with Gasteiger partial charge in [-0.1, -0.05) is 101 Å². The van der Waals surface area contributed by atoms with Crippen LogP contribution in [0.2, 0.25) is 0 Å². The van der Waals surface area contributed by atoms with E-state index >= 15 is 0 Å². The molecule has 0 saturated heterocycles. The van der Waals surface area contributed by atoms with Crippen LogP contribution in [0.1, 0.15) is 101 Å². The van der Waals surface area contributed by atoms with Crippen molar-refractivity contribution < 1.29 is 4.74 Å². The molecule has 172 valence electrons. The number of ether oxygens (including phenoxy) is 1. The largest absolute Gasteiger partial charge is 0.374 e. The van der Waals surface area contributed by atoms with Gasteiger partial charge < -0.3 is 4.74 Å². The molecule has 0 aliphatic heterocycles. The smallest absolute Gasteiger partial charge is 0.0650 e. The topological polar surface area (TPSA) is 9.23 Å². The fourth-order valence-electron chi connectivity index (χ4n) is 5.01. The van der Waals surface area contributed by atoms with Crippen molar-refractivity contribution in [1.29, 1.82) is 0 Å². The molecule has 0 aliphatic carbocycles. The Kier molecular flexibility index (Phi) is 10.3. The molecule has 0 bridgehead atoms. The maximum absolute atomic E-state index is 7.17. The van der Waals surface area contributed by atoms with Gasteiger partial charge in [0.25, 0.3) is 0 Å². The Morgan fingerprint density at radius 1 is 0.645 bits per heavy atom. The number of rotatable bonds is 12. The Morgan fingerprint density at radius 3 is 1.32 bits per heavy atom. The van der Waals surface area contributed by atoms with E-state index in [4.69, 9.17) is 4.74 Å². The van der Waals surface area contributed by atoms with Crippen LogP contribution >= 0.6 is 0 Å². The summed E-state index contributed by atoms with van der Waals surface area (Å²) in [7, 11) is 0. The quantitative estimate of drug-likeness (QED) is 0.332. The molecular weight excluding hydrogens is 376 g/mol. The van der Waals surface area contributed by atoms with Crippen molar-refractivity contribution >= 4 is 0 Å². The van der Waals surface area contributed by atoms with E-state index in [9.17, 15) is 0 Å². The van der Waals surface area contributed by atoms with E-state index in [2.05, 4.69) is 104 Å². The van der Waals surface area contributed by atoms with Gasteiger partial charge in [-0.25, -0.2) is 0 Å². The standard InChI is InChI=1S/C30H46O/c1-9-27(25-15-11-13-23(7)19-25)29(17-21(3)4)31-30(18-22(5)6)28(10-2)26-16-12-14-24(8)20-26/h11-16,19-22,27-30H,9-10,17-18H2,1-8H3. The summed E-state index contributed by atoms with van der Waals surface area (Å²) in [5.74, 6) is 2.10. The minimum absolute atomic E-state index is 0.245. The molecule has 4 atom stereocenters. The second kappa shape index (κ2) is 12.4. The first-order valence-corrected chi connectivity index (χ1v) is 12.5. The van der Waals surface area contributed by atoms with E-state index < -0.39 is 0 Å². The first kappa shape index (κ1) is 25.7. The molecule has 1 heteroatoms. The monoisotopic (exact) mass is 422 g/mol. The molecule has 0 saturated carbocycles. The molecule has 0 aromatic heterocycles. The zero-order valence-corrected chi connectivity index (χ0v) is 21.3. The highest BCUT2D eigenvalue weighted by molar-refractivity contribution is 5.28. The lowest BCUT2D eigenvalue weighted by Crippen LogP contribution is -2.33. The lowest BCUT2D eigenvalue weighted by atomic mass is 9.83. The van der Waals surface area contributed by atoms with Crippen LogP contribution in [0.3, 0.4) is 0 Å². The second-order valence-electron chi connectivity index (χ2n) is 10.3. The average molecular weight is 423 g/mol. The van der Waals surface area contributed by atoms with E-state index in [0.29, 0.717) is 23.7 Å². The van der Waals surface area contributed by atoms with Gasteiger partial charge in [0.2, 0.25) is 0 Å². The Bertz CT molecular complexity index is 710. The number of hydrogen-bond acceptors (Lipinski definition) is 1. The van der Waals surface area contributed by atoms with Gasteiger partial charge >= 0.3 is 0 Å². The van der Waals surface area contributed by atoms with Crippen LogP contribution in [0.5, 0.6) is 0 Å². The molecule has 0 aliphatic rings. The van der Waals surface area contributed by atoms with Crippen molar-refractivity contribution in [1.82, 2.24) is 0 Å².